The number of aryl methyl sites for hydroxylation is 1. The van der Waals surface area contributed by atoms with Crippen molar-refractivity contribution in [2.75, 3.05) is 24.7 Å². The highest BCUT2D eigenvalue weighted by molar-refractivity contribution is 7.91. The van der Waals surface area contributed by atoms with Gasteiger partial charge in [0, 0.05) is 11.6 Å². The average molecular weight is 309 g/mol. The maximum Gasteiger partial charge on any atom is 0.150 e. The van der Waals surface area contributed by atoms with Crippen LogP contribution in [0.1, 0.15) is 36.4 Å². The maximum atomic E-state index is 11.5. The van der Waals surface area contributed by atoms with Gasteiger partial charge in [0.15, 0.2) is 9.84 Å². The first-order valence-electron chi connectivity index (χ1n) is 7.71. The third-order valence-electron chi connectivity index (χ3n) is 4.48. The van der Waals surface area contributed by atoms with Gasteiger partial charge in [0.2, 0.25) is 0 Å². The van der Waals surface area contributed by atoms with Crippen LogP contribution in [0.4, 0.5) is 0 Å². The predicted octanol–water partition coefficient (Wildman–Crippen LogP) is 2.23. The van der Waals surface area contributed by atoms with Gasteiger partial charge in [-0.2, -0.15) is 0 Å². The number of hydrogen-bond acceptors (Lipinski definition) is 4. The molecule has 0 aromatic heterocycles. The standard InChI is InChI=1S/C16H23NO3S/c1-12-4-2-5-14-15(6-3-8-20-16(12)14)17-10-13-7-9-21(18,19)11-13/h2,4-5,13,15,17H,3,6-11H2,1H3. The Balaban J connectivity index is 1.70. The molecule has 2 unspecified atom stereocenters. The van der Waals surface area contributed by atoms with Gasteiger partial charge >= 0.3 is 0 Å². The van der Waals surface area contributed by atoms with E-state index in [1.54, 1.807) is 0 Å². The van der Waals surface area contributed by atoms with E-state index >= 15 is 0 Å². The topological polar surface area (TPSA) is 55.4 Å². The molecule has 21 heavy (non-hydrogen) atoms. The van der Waals surface area contributed by atoms with Crippen LogP contribution in [0.2, 0.25) is 0 Å². The molecule has 5 heteroatoms. The molecule has 1 N–H and O–H groups in total. The highest BCUT2D eigenvalue weighted by atomic mass is 32.2. The van der Waals surface area contributed by atoms with Gasteiger partial charge in [0.1, 0.15) is 5.75 Å². The molecule has 1 saturated heterocycles. The summed E-state index contributed by atoms with van der Waals surface area (Å²) in [6.07, 6.45) is 2.85. The molecule has 2 atom stereocenters. The summed E-state index contributed by atoms with van der Waals surface area (Å²) in [6, 6.07) is 6.53. The van der Waals surface area contributed by atoms with Gasteiger partial charge < -0.3 is 10.1 Å². The maximum absolute atomic E-state index is 11.5. The lowest BCUT2D eigenvalue weighted by molar-refractivity contribution is 0.313. The van der Waals surface area contributed by atoms with Crippen molar-refractivity contribution >= 4 is 9.84 Å². The van der Waals surface area contributed by atoms with Crippen LogP contribution in [-0.4, -0.2) is 33.1 Å². The van der Waals surface area contributed by atoms with Crippen LogP contribution in [0, 0.1) is 12.8 Å². The van der Waals surface area contributed by atoms with E-state index < -0.39 is 9.84 Å². The van der Waals surface area contributed by atoms with Crippen molar-refractivity contribution < 1.29 is 13.2 Å². The second-order valence-corrected chi connectivity index (χ2v) is 8.44. The summed E-state index contributed by atoms with van der Waals surface area (Å²) in [4.78, 5) is 0. The summed E-state index contributed by atoms with van der Waals surface area (Å²) in [7, 11) is -2.79. The van der Waals surface area contributed by atoms with E-state index in [4.69, 9.17) is 4.74 Å². The van der Waals surface area contributed by atoms with E-state index in [2.05, 4.69) is 30.4 Å². The monoisotopic (exact) mass is 309 g/mol. The Kier molecular flexibility index (Phi) is 4.22. The number of nitrogens with one attached hydrogen (secondary N) is 1. The van der Waals surface area contributed by atoms with Crippen molar-refractivity contribution in [1.82, 2.24) is 5.32 Å². The number of ether oxygens (including phenoxy) is 1. The molecule has 1 aromatic carbocycles. The van der Waals surface area contributed by atoms with Crippen LogP contribution in [0.3, 0.4) is 0 Å². The lowest BCUT2D eigenvalue weighted by atomic mass is 9.99. The first kappa shape index (κ1) is 14.9. The summed E-state index contributed by atoms with van der Waals surface area (Å²) in [5.41, 5.74) is 2.39. The van der Waals surface area contributed by atoms with Crippen molar-refractivity contribution in [3.8, 4) is 5.75 Å². The fraction of sp³-hybridized carbons (Fsp3) is 0.625. The van der Waals surface area contributed by atoms with Crippen molar-refractivity contribution in [3.63, 3.8) is 0 Å². The van der Waals surface area contributed by atoms with E-state index in [1.807, 2.05) is 0 Å². The second-order valence-electron chi connectivity index (χ2n) is 6.21. The average Bonchev–Trinajstić information content (AvgIpc) is 2.67. The zero-order valence-corrected chi connectivity index (χ0v) is 13.3. The van der Waals surface area contributed by atoms with Gasteiger partial charge in [-0.3, -0.25) is 0 Å². The van der Waals surface area contributed by atoms with E-state index in [9.17, 15) is 8.42 Å². The minimum absolute atomic E-state index is 0.257. The van der Waals surface area contributed by atoms with Crippen molar-refractivity contribution in [2.24, 2.45) is 5.92 Å². The van der Waals surface area contributed by atoms with E-state index in [-0.39, 0.29) is 12.0 Å². The van der Waals surface area contributed by atoms with Crippen LogP contribution in [0.5, 0.6) is 5.75 Å². The van der Waals surface area contributed by atoms with Gasteiger partial charge in [-0.05, 0) is 44.2 Å². The number of rotatable bonds is 3. The molecule has 2 aliphatic rings. The number of fused-ring (bicyclic) bond motifs is 1. The largest absolute Gasteiger partial charge is 0.493 e. The SMILES string of the molecule is Cc1cccc2c1OCCCC2NCC1CCS(=O)(=O)C1. The first-order valence-corrected chi connectivity index (χ1v) is 9.53. The molecule has 0 aliphatic carbocycles. The third kappa shape index (κ3) is 3.40. The zero-order valence-electron chi connectivity index (χ0n) is 12.5. The van der Waals surface area contributed by atoms with Crippen LogP contribution in [0.15, 0.2) is 18.2 Å². The normalized spacial score (nSPS) is 27.7. The fourth-order valence-corrected chi connectivity index (χ4v) is 5.18. The molecule has 0 amide bonds. The summed E-state index contributed by atoms with van der Waals surface area (Å²) in [5.74, 6) is 1.95. The Morgan fingerprint density at radius 2 is 2.19 bits per heavy atom. The van der Waals surface area contributed by atoms with Crippen molar-refractivity contribution in [1.29, 1.82) is 0 Å². The lowest BCUT2D eigenvalue weighted by Gasteiger charge is -2.21. The van der Waals surface area contributed by atoms with E-state index in [0.717, 1.165) is 38.2 Å². The van der Waals surface area contributed by atoms with Gasteiger partial charge in [-0.15, -0.1) is 0 Å². The minimum Gasteiger partial charge on any atom is -0.493 e. The van der Waals surface area contributed by atoms with Gasteiger partial charge in [0.25, 0.3) is 0 Å². The Labute approximate surface area is 126 Å². The number of benzene rings is 1. The third-order valence-corrected chi connectivity index (χ3v) is 6.32. The van der Waals surface area contributed by atoms with E-state index in [1.165, 1.54) is 11.1 Å². The van der Waals surface area contributed by atoms with Gasteiger partial charge in [0.05, 0.1) is 18.1 Å². The summed E-state index contributed by atoms with van der Waals surface area (Å²) in [6.45, 7) is 3.61. The molecule has 116 valence electrons. The molecule has 2 aliphatic heterocycles. The van der Waals surface area contributed by atoms with E-state index in [0.29, 0.717) is 11.5 Å². The molecule has 0 saturated carbocycles. The molecule has 0 spiro atoms. The molecule has 0 bridgehead atoms. The van der Waals surface area contributed by atoms with Crippen LogP contribution >= 0.6 is 0 Å². The summed E-state index contributed by atoms with van der Waals surface area (Å²) >= 11 is 0. The smallest absolute Gasteiger partial charge is 0.150 e. The van der Waals surface area contributed by atoms with Crippen LogP contribution in [-0.2, 0) is 9.84 Å². The first-order chi connectivity index (χ1) is 10.1. The van der Waals surface area contributed by atoms with Crippen molar-refractivity contribution in [2.45, 2.75) is 32.2 Å². The highest BCUT2D eigenvalue weighted by Crippen LogP contribution is 2.34. The zero-order chi connectivity index (χ0) is 14.9. The number of sulfone groups is 1. The summed E-state index contributed by atoms with van der Waals surface area (Å²) in [5, 5.41) is 3.58. The minimum atomic E-state index is -2.79. The molecular formula is C16H23NO3S. The quantitative estimate of drug-likeness (QED) is 0.930. The molecule has 2 heterocycles. The van der Waals surface area contributed by atoms with Crippen molar-refractivity contribution in [3.05, 3.63) is 29.3 Å². The molecule has 1 fully saturated rings. The van der Waals surface area contributed by atoms with Crippen LogP contribution in [0.25, 0.3) is 0 Å². The fourth-order valence-electron chi connectivity index (χ4n) is 3.32. The predicted molar refractivity (Wildman–Crippen MR) is 83.4 cm³/mol. The van der Waals surface area contributed by atoms with Crippen LogP contribution < -0.4 is 10.1 Å². The Hall–Kier alpha value is -1.07. The molecule has 0 radical (unpaired) electrons. The molecule has 4 nitrogen and oxygen atoms in total. The molecule has 3 rings (SSSR count). The van der Waals surface area contributed by atoms with Gasteiger partial charge in [-0.1, -0.05) is 18.2 Å². The highest BCUT2D eigenvalue weighted by Gasteiger charge is 2.29. The number of para-hydroxylation sites is 1. The Morgan fingerprint density at radius 3 is 2.95 bits per heavy atom. The molecule has 1 aromatic rings. The Morgan fingerprint density at radius 1 is 1.33 bits per heavy atom. The summed E-state index contributed by atoms with van der Waals surface area (Å²) < 4.78 is 29.0. The second kappa shape index (κ2) is 5.97. The lowest BCUT2D eigenvalue weighted by Crippen LogP contribution is -2.28. The number of hydrogen-bond donors (Lipinski definition) is 1. The Bertz CT molecular complexity index is 612. The van der Waals surface area contributed by atoms with Gasteiger partial charge in [-0.25, -0.2) is 8.42 Å². The molecular weight excluding hydrogens is 286 g/mol.